The number of halogens is 1. The van der Waals surface area contributed by atoms with Crippen LogP contribution in [0.3, 0.4) is 0 Å². The van der Waals surface area contributed by atoms with Crippen LogP contribution in [0.1, 0.15) is 26.7 Å². The van der Waals surface area contributed by atoms with Crippen molar-refractivity contribution in [2.75, 3.05) is 5.21 Å². The van der Waals surface area contributed by atoms with Crippen LogP contribution in [0.25, 0.3) is 0 Å². The van der Waals surface area contributed by atoms with Gasteiger partial charge in [-0.15, -0.1) is 11.6 Å². The largest absolute Gasteiger partial charge is 0.375 e. The lowest BCUT2D eigenvalue weighted by Crippen LogP contribution is -2.44. The highest BCUT2D eigenvalue weighted by molar-refractivity contribution is 7.90. The van der Waals surface area contributed by atoms with Crippen LogP contribution in [0.5, 0.6) is 0 Å². The van der Waals surface area contributed by atoms with E-state index in [1.807, 2.05) is 13.8 Å². The fourth-order valence-corrected chi connectivity index (χ4v) is 2.74. The van der Waals surface area contributed by atoms with E-state index in [4.69, 9.17) is 16.3 Å². The molecule has 0 bridgehead atoms. The highest BCUT2D eigenvalue weighted by Gasteiger charge is 2.27. The minimum atomic E-state index is -3.31. The van der Waals surface area contributed by atoms with Crippen molar-refractivity contribution in [3.05, 3.63) is 0 Å². The molecular weight excluding hydrogens is 226 g/mol. The van der Waals surface area contributed by atoms with Crippen LogP contribution in [0.15, 0.2) is 0 Å². The first-order valence-corrected chi connectivity index (χ1v) is 6.83. The molecule has 0 aromatic carbocycles. The predicted molar refractivity (Wildman–Crippen MR) is 55.8 cm³/mol. The standard InChI is InChI=1S/C8H16ClNO3S/c1-6-3-8(4-7(2)13-6)10-14(11,12)5-9/h6-8,10H,3-5H2,1-2H3. The van der Waals surface area contributed by atoms with Gasteiger partial charge < -0.3 is 4.74 Å². The molecule has 84 valence electrons. The SMILES string of the molecule is CC1CC(NS(=O)(=O)CCl)CC(C)O1. The van der Waals surface area contributed by atoms with Crippen molar-refractivity contribution in [1.82, 2.24) is 4.72 Å². The Balaban J connectivity index is 2.53. The van der Waals surface area contributed by atoms with Crippen LogP contribution in [0.4, 0.5) is 0 Å². The third-order valence-corrected chi connectivity index (χ3v) is 4.03. The zero-order chi connectivity index (χ0) is 10.8. The van der Waals surface area contributed by atoms with Crippen LogP contribution in [0, 0.1) is 0 Å². The monoisotopic (exact) mass is 241 g/mol. The maximum atomic E-state index is 11.2. The van der Waals surface area contributed by atoms with E-state index in [1.165, 1.54) is 0 Å². The van der Waals surface area contributed by atoms with E-state index in [1.54, 1.807) is 0 Å². The molecule has 4 nitrogen and oxygen atoms in total. The summed E-state index contributed by atoms with van der Waals surface area (Å²) in [4.78, 5) is 0. The lowest BCUT2D eigenvalue weighted by molar-refractivity contribution is -0.0388. The molecule has 0 amide bonds. The molecule has 1 N–H and O–H groups in total. The minimum Gasteiger partial charge on any atom is -0.375 e. The van der Waals surface area contributed by atoms with Crippen molar-refractivity contribution in [2.45, 2.75) is 44.9 Å². The van der Waals surface area contributed by atoms with Gasteiger partial charge in [-0.05, 0) is 26.7 Å². The average Bonchev–Trinajstić information content (AvgIpc) is 2.01. The quantitative estimate of drug-likeness (QED) is 0.752. The van der Waals surface area contributed by atoms with Crippen LogP contribution in [0.2, 0.25) is 0 Å². The Morgan fingerprint density at radius 1 is 1.36 bits per heavy atom. The molecule has 0 aromatic rings. The second-order valence-corrected chi connectivity index (χ2v) is 6.11. The Morgan fingerprint density at radius 3 is 2.29 bits per heavy atom. The Kier molecular flexibility index (Phi) is 4.18. The van der Waals surface area contributed by atoms with E-state index in [0.717, 1.165) is 0 Å². The van der Waals surface area contributed by atoms with Gasteiger partial charge in [0.2, 0.25) is 10.0 Å². The highest BCUT2D eigenvalue weighted by Crippen LogP contribution is 2.19. The van der Waals surface area contributed by atoms with E-state index >= 15 is 0 Å². The maximum absolute atomic E-state index is 11.2. The molecule has 1 saturated heterocycles. The molecule has 0 aliphatic carbocycles. The van der Waals surface area contributed by atoms with Crippen molar-refractivity contribution in [1.29, 1.82) is 0 Å². The molecule has 1 aliphatic rings. The summed E-state index contributed by atoms with van der Waals surface area (Å²) in [6.45, 7) is 3.88. The molecule has 6 heteroatoms. The van der Waals surface area contributed by atoms with Gasteiger partial charge in [-0.2, -0.15) is 0 Å². The third-order valence-electron chi connectivity index (χ3n) is 2.19. The van der Waals surface area contributed by atoms with Crippen molar-refractivity contribution in [3.63, 3.8) is 0 Å². The van der Waals surface area contributed by atoms with Gasteiger partial charge in [0.15, 0.2) is 0 Å². The summed E-state index contributed by atoms with van der Waals surface area (Å²) in [5.41, 5.74) is 0. The Labute approximate surface area is 90.0 Å². The summed E-state index contributed by atoms with van der Waals surface area (Å²) in [6, 6.07) is -0.0440. The van der Waals surface area contributed by atoms with Crippen molar-refractivity contribution in [3.8, 4) is 0 Å². The molecule has 0 radical (unpaired) electrons. The second-order valence-electron chi connectivity index (χ2n) is 3.77. The van der Waals surface area contributed by atoms with Gasteiger partial charge in [0.05, 0.1) is 12.2 Å². The van der Waals surface area contributed by atoms with Crippen LogP contribution in [-0.2, 0) is 14.8 Å². The first kappa shape index (κ1) is 12.2. The molecule has 0 aromatic heterocycles. The lowest BCUT2D eigenvalue weighted by atomic mass is 10.0. The zero-order valence-electron chi connectivity index (χ0n) is 8.36. The first-order chi connectivity index (χ1) is 6.43. The number of rotatable bonds is 3. The summed E-state index contributed by atoms with van der Waals surface area (Å²) < 4.78 is 30.5. The molecule has 1 rings (SSSR count). The summed E-state index contributed by atoms with van der Waals surface area (Å²) in [6.07, 6.45) is 1.62. The number of ether oxygens (including phenoxy) is 1. The van der Waals surface area contributed by atoms with E-state index in [-0.39, 0.29) is 23.5 Å². The highest BCUT2D eigenvalue weighted by atomic mass is 35.5. The zero-order valence-corrected chi connectivity index (χ0v) is 9.94. The number of sulfonamides is 1. The van der Waals surface area contributed by atoms with Gasteiger partial charge >= 0.3 is 0 Å². The van der Waals surface area contributed by atoms with Gasteiger partial charge in [0, 0.05) is 6.04 Å². The van der Waals surface area contributed by atoms with E-state index in [2.05, 4.69) is 4.72 Å². The number of hydrogen-bond acceptors (Lipinski definition) is 3. The van der Waals surface area contributed by atoms with E-state index in [9.17, 15) is 8.42 Å². The van der Waals surface area contributed by atoms with Crippen LogP contribution in [-0.4, -0.2) is 31.9 Å². The minimum absolute atomic E-state index is 0.0440. The molecular formula is C8H16ClNO3S. The average molecular weight is 242 g/mol. The normalized spacial score (nSPS) is 34.4. The first-order valence-electron chi connectivity index (χ1n) is 4.64. The number of hydrogen-bond donors (Lipinski definition) is 1. The molecule has 1 fully saturated rings. The van der Waals surface area contributed by atoms with E-state index in [0.29, 0.717) is 12.8 Å². The van der Waals surface area contributed by atoms with Crippen LogP contribution < -0.4 is 4.72 Å². The molecule has 0 spiro atoms. The molecule has 2 atom stereocenters. The van der Waals surface area contributed by atoms with Gasteiger partial charge in [-0.1, -0.05) is 0 Å². The van der Waals surface area contributed by atoms with Gasteiger partial charge in [-0.25, -0.2) is 13.1 Å². The fourth-order valence-electron chi connectivity index (χ4n) is 1.79. The number of alkyl halides is 1. The molecule has 0 saturated carbocycles. The molecule has 2 unspecified atom stereocenters. The maximum Gasteiger partial charge on any atom is 0.225 e. The molecule has 1 aliphatic heterocycles. The predicted octanol–water partition coefficient (Wildman–Crippen LogP) is 1.06. The van der Waals surface area contributed by atoms with Crippen LogP contribution >= 0.6 is 11.6 Å². The lowest BCUT2D eigenvalue weighted by Gasteiger charge is -2.32. The summed E-state index contributed by atoms with van der Waals surface area (Å²) in [5.74, 6) is 0. The Bertz CT molecular complexity index is 270. The molecule has 14 heavy (non-hydrogen) atoms. The smallest absolute Gasteiger partial charge is 0.225 e. The van der Waals surface area contributed by atoms with Crippen molar-refractivity contribution >= 4 is 21.6 Å². The third kappa shape index (κ3) is 3.73. The Morgan fingerprint density at radius 2 is 1.86 bits per heavy atom. The van der Waals surface area contributed by atoms with Crippen molar-refractivity contribution < 1.29 is 13.2 Å². The topological polar surface area (TPSA) is 55.4 Å². The van der Waals surface area contributed by atoms with Gasteiger partial charge in [0.1, 0.15) is 5.21 Å². The van der Waals surface area contributed by atoms with Gasteiger partial charge in [-0.3, -0.25) is 0 Å². The fraction of sp³-hybridized carbons (Fsp3) is 1.00. The second kappa shape index (κ2) is 4.79. The van der Waals surface area contributed by atoms with Gasteiger partial charge in [0.25, 0.3) is 0 Å². The van der Waals surface area contributed by atoms with Crippen molar-refractivity contribution in [2.24, 2.45) is 0 Å². The molecule has 1 heterocycles. The Hall–Kier alpha value is 0.160. The summed E-state index contributed by atoms with van der Waals surface area (Å²) in [5, 5.41) is -0.382. The number of nitrogens with one attached hydrogen (secondary N) is 1. The summed E-state index contributed by atoms with van der Waals surface area (Å²) in [7, 11) is -3.31. The van der Waals surface area contributed by atoms with E-state index < -0.39 is 10.0 Å². The summed E-state index contributed by atoms with van der Waals surface area (Å²) >= 11 is 5.30.